The van der Waals surface area contributed by atoms with Crippen LogP contribution in [0.5, 0.6) is 0 Å². The minimum absolute atomic E-state index is 0.0106. The van der Waals surface area contributed by atoms with Crippen molar-refractivity contribution in [2.75, 3.05) is 4.90 Å². The molecule has 1 N–H and O–H groups in total. The molecule has 0 saturated carbocycles. The molecule has 0 unspecified atom stereocenters. The normalized spacial score (nSPS) is 13.6. The molecule has 1 amide bonds. The summed E-state index contributed by atoms with van der Waals surface area (Å²) in [5.74, 6) is -0.806. The van der Waals surface area contributed by atoms with Gasteiger partial charge in [0.15, 0.2) is 5.69 Å². The second kappa shape index (κ2) is 5.22. The monoisotopic (exact) mass is 313 g/mol. The molecule has 23 heavy (non-hydrogen) atoms. The topological polar surface area (TPSA) is 75.4 Å². The molecule has 0 bridgehead atoms. The lowest BCUT2D eigenvalue weighted by atomic mass is 10.0. The van der Waals surface area contributed by atoms with Crippen molar-refractivity contribution in [1.29, 1.82) is 0 Å². The van der Waals surface area contributed by atoms with E-state index in [4.69, 9.17) is 0 Å². The lowest BCUT2D eigenvalue weighted by Gasteiger charge is -2.20. The fraction of sp³-hybridized carbons (Fsp3) is 0.353. The Morgan fingerprint density at radius 2 is 1.87 bits per heavy atom. The third kappa shape index (κ3) is 2.21. The number of aryl methyl sites for hydroxylation is 4. The zero-order valence-electron chi connectivity index (χ0n) is 13.7. The summed E-state index contributed by atoms with van der Waals surface area (Å²) in [5.41, 5.74) is 4.49. The SMILES string of the molecule is CCc1nc2n(c1C(=O)O)CC(=O)N2c1c(C)cc(C)cc1C. The molecule has 3 rings (SSSR count). The number of amides is 1. The van der Waals surface area contributed by atoms with Crippen LogP contribution < -0.4 is 4.90 Å². The van der Waals surface area contributed by atoms with E-state index in [-0.39, 0.29) is 18.1 Å². The number of fused-ring (bicyclic) bond motifs is 1. The number of nitrogens with zero attached hydrogens (tertiary/aromatic N) is 3. The van der Waals surface area contributed by atoms with Gasteiger partial charge in [-0.05, 0) is 38.3 Å². The second-order valence-corrected chi connectivity index (χ2v) is 5.93. The Hall–Kier alpha value is -2.63. The van der Waals surface area contributed by atoms with Crippen LogP contribution in [-0.4, -0.2) is 26.5 Å². The molecule has 1 aromatic heterocycles. The number of carbonyl (C=O) groups is 2. The number of benzene rings is 1. The number of rotatable bonds is 3. The number of imidazole rings is 1. The van der Waals surface area contributed by atoms with Gasteiger partial charge in [-0.3, -0.25) is 9.36 Å². The molecule has 1 aromatic carbocycles. The standard InChI is InChI=1S/C17H19N3O3/c1-5-12-15(16(22)23)19-8-13(21)20(17(19)18-12)14-10(3)6-9(2)7-11(14)4/h6-7H,5,8H2,1-4H3,(H,22,23). The first-order valence-corrected chi connectivity index (χ1v) is 7.58. The van der Waals surface area contributed by atoms with Crippen molar-refractivity contribution in [3.8, 4) is 0 Å². The molecular weight excluding hydrogens is 294 g/mol. The highest BCUT2D eigenvalue weighted by atomic mass is 16.4. The second-order valence-electron chi connectivity index (χ2n) is 5.93. The Balaban J connectivity index is 2.23. The average Bonchev–Trinajstić information content (AvgIpc) is 2.93. The van der Waals surface area contributed by atoms with Crippen LogP contribution in [0.2, 0.25) is 0 Å². The van der Waals surface area contributed by atoms with Gasteiger partial charge in [0.2, 0.25) is 5.95 Å². The van der Waals surface area contributed by atoms with Gasteiger partial charge in [0.05, 0.1) is 11.4 Å². The average molecular weight is 313 g/mol. The molecule has 6 heteroatoms. The first kappa shape index (κ1) is 15.3. The molecule has 0 atom stereocenters. The molecule has 1 aliphatic rings. The zero-order valence-corrected chi connectivity index (χ0v) is 13.7. The zero-order chi connectivity index (χ0) is 16.9. The maximum atomic E-state index is 12.5. The third-order valence-electron chi connectivity index (χ3n) is 4.16. The first-order chi connectivity index (χ1) is 10.8. The van der Waals surface area contributed by atoms with Crippen molar-refractivity contribution in [3.63, 3.8) is 0 Å². The Bertz CT molecular complexity index is 813. The number of hydrogen-bond donors (Lipinski definition) is 1. The number of carboxylic acid groups (broad SMARTS) is 1. The Kier molecular flexibility index (Phi) is 3.47. The van der Waals surface area contributed by atoms with Crippen LogP contribution in [-0.2, 0) is 17.8 Å². The molecule has 1 aliphatic heterocycles. The predicted molar refractivity (Wildman–Crippen MR) is 86.4 cm³/mol. The highest BCUT2D eigenvalue weighted by Crippen LogP contribution is 2.37. The minimum atomic E-state index is -1.05. The van der Waals surface area contributed by atoms with Crippen LogP contribution in [0.25, 0.3) is 0 Å². The van der Waals surface area contributed by atoms with Crippen molar-refractivity contribution in [1.82, 2.24) is 9.55 Å². The molecule has 0 fully saturated rings. The summed E-state index contributed by atoms with van der Waals surface area (Å²) in [4.78, 5) is 30.0. The van der Waals surface area contributed by atoms with E-state index in [9.17, 15) is 14.7 Å². The largest absolute Gasteiger partial charge is 0.477 e. The molecule has 2 aromatic rings. The fourth-order valence-corrected chi connectivity index (χ4v) is 3.36. The highest BCUT2D eigenvalue weighted by Gasteiger charge is 2.37. The molecule has 2 heterocycles. The summed E-state index contributed by atoms with van der Waals surface area (Å²) in [6, 6.07) is 4.03. The van der Waals surface area contributed by atoms with Crippen LogP contribution in [0.4, 0.5) is 11.6 Å². The molecular formula is C17H19N3O3. The number of anilines is 2. The molecule has 6 nitrogen and oxygen atoms in total. The van der Waals surface area contributed by atoms with Crippen molar-refractivity contribution in [2.24, 2.45) is 0 Å². The van der Waals surface area contributed by atoms with Gasteiger partial charge in [0, 0.05) is 0 Å². The number of hydrogen-bond acceptors (Lipinski definition) is 3. The van der Waals surface area contributed by atoms with Gasteiger partial charge in [0.25, 0.3) is 5.91 Å². The Morgan fingerprint density at radius 1 is 1.26 bits per heavy atom. The number of aromatic nitrogens is 2. The lowest BCUT2D eigenvalue weighted by Crippen LogP contribution is -2.24. The maximum absolute atomic E-state index is 12.5. The van der Waals surface area contributed by atoms with Gasteiger partial charge in [0.1, 0.15) is 6.54 Å². The summed E-state index contributed by atoms with van der Waals surface area (Å²) >= 11 is 0. The van der Waals surface area contributed by atoms with E-state index in [0.717, 1.165) is 22.4 Å². The molecule has 120 valence electrons. The summed E-state index contributed by atoms with van der Waals surface area (Å²) in [6.07, 6.45) is 0.509. The maximum Gasteiger partial charge on any atom is 0.354 e. The molecule has 0 saturated heterocycles. The van der Waals surface area contributed by atoms with Crippen LogP contribution in [0.3, 0.4) is 0 Å². The molecule has 0 spiro atoms. The number of carboxylic acids is 1. The third-order valence-corrected chi connectivity index (χ3v) is 4.16. The quantitative estimate of drug-likeness (QED) is 0.945. The van der Waals surface area contributed by atoms with Gasteiger partial charge in [-0.2, -0.15) is 0 Å². The summed E-state index contributed by atoms with van der Waals surface area (Å²) in [7, 11) is 0. The van der Waals surface area contributed by atoms with Crippen LogP contribution in [0.1, 0.15) is 39.8 Å². The number of aromatic carboxylic acids is 1. The van der Waals surface area contributed by atoms with E-state index < -0.39 is 5.97 Å². The number of carbonyl (C=O) groups excluding carboxylic acids is 1. The Morgan fingerprint density at radius 3 is 2.39 bits per heavy atom. The summed E-state index contributed by atoms with van der Waals surface area (Å²) in [6.45, 7) is 7.78. The van der Waals surface area contributed by atoms with Crippen molar-refractivity contribution >= 4 is 23.5 Å². The van der Waals surface area contributed by atoms with E-state index in [1.54, 1.807) is 4.90 Å². The van der Waals surface area contributed by atoms with Gasteiger partial charge >= 0.3 is 5.97 Å². The predicted octanol–water partition coefficient (Wildman–Crippen LogP) is 2.75. The van der Waals surface area contributed by atoms with Crippen molar-refractivity contribution in [3.05, 3.63) is 40.2 Å². The van der Waals surface area contributed by atoms with Crippen molar-refractivity contribution in [2.45, 2.75) is 40.7 Å². The van der Waals surface area contributed by atoms with E-state index >= 15 is 0 Å². The van der Waals surface area contributed by atoms with Gasteiger partial charge in [-0.1, -0.05) is 24.6 Å². The Labute approximate surface area is 134 Å². The summed E-state index contributed by atoms with van der Waals surface area (Å²) < 4.78 is 1.50. The smallest absolute Gasteiger partial charge is 0.354 e. The first-order valence-electron chi connectivity index (χ1n) is 7.58. The van der Waals surface area contributed by atoms with Gasteiger partial charge in [-0.15, -0.1) is 0 Å². The van der Waals surface area contributed by atoms with Crippen LogP contribution in [0.15, 0.2) is 12.1 Å². The van der Waals surface area contributed by atoms with E-state index in [1.807, 2.05) is 39.8 Å². The highest BCUT2D eigenvalue weighted by molar-refractivity contribution is 6.05. The summed E-state index contributed by atoms with van der Waals surface area (Å²) in [5, 5.41) is 9.45. The van der Waals surface area contributed by atoms with E-state index in [0.29, 0.717) is 18.1 Å². The molecule has 0 aliphatic carbocycles. The molecule has 0 radical (unpaired) electrons. The van der Waals surface area contributed by atoms with E-state index in [2.05, 4.69) is 4.98 Å². The lowest BCUT2D eigenvalue weighted by molar-refractivity contribution is -0.117. The van der Waals surface area contributed by atoms with Crippen LogP contribution >= 0.6 is 0 Å². The fourth-order valence-electron chi connectivity index (χ4n) is 3.36. The van der Waals surface area contributed by atoms with E-state index in [1.165, 1.54) is 4.57 Å². The van der Waals surface area contributed by atoms with Gasteiger partial charge < -0.3 is 5.11 Å². The van der Waals surface area contributed by atoms with Crippen LogP contribution in [0, 0.1) is 20.8 Å². The van der Waals surface area contributed by atoms with Crippen molar-refractivity contribution < 1.29 is 14.7 Å². The minimum Gasteiger partial charge on any atom is -0.477 e. The van der Waals surface area contributed by atoms with Gasteiger partial charge in [-0.25, -0.2) is 14.7 Å².